The fourth-order valence-electron chi connectivity index (χ4n) is 2.40. The smallest absolute Gasteiger partial charge is 0.335 e. The maximum Gasteiger partial charge on any atom is 0.335 e. The Hall–Kier alpha value is -3.32. The highest BCUT2D eigenvalue weighted by atomic mass is 16.5. The summed E-state index contributed by atoms with van der Waals surface area (Å²) in [6.45, 7) is 3.39. The van der Waals surface area contributed by atoms with Crippen LogP contribution in [0.2, 0.25) is 0 Å². The van der Waals surface area contributed by atoms with E-state index >= 15 is 0 Å². The summed E-state index contributed by atoms with van der Waals surface area (Å²) in [6.07, 6.45) is 1.08. The number of hydrogen-bond donors (Lipinski definition) is 0. The molecule has 3 aromatic rings. The first-order chi connectivity index (χ1) is 10.8. The zero-order chi connectivity index (χ0) is 15.5. The summed E-state index contributed by atoms with van der Waals surface area (Å²) in [4.78, 5) is 11.6. The third-order valence-electron chi connectivity index (χ3n) is 3.32. The van der Waals surface area contributed by atoms with Crippen molar-refractivity contribution in [1.82, 2.24) is 4.57 Å². The molecule has 0 saturated heterocycles. The van der Waals surface area contributed by atoms with Gasteiger partial charge >= 0.3 is 5.97 Å². The Morgan fingerprint density at radius 1 is 1.14 bits per heavy atom. The van der Waals surface area contributed by atoms with Crippen LogP contribution in [-0.2, 0) is 4.79 Å². The van der Waals surface area contributed by atoms with E-state index in [9.17, 15) is 10.1 Å². The van der Waals surface area contributed by atoms with E-state index in [0.717, 1.165) is 17.3 Å². The first kappa shape index (κ1) is 13.7. The average Bonchev–Trinajstić information content (AvgIpc) is 2.89. The van der Waals surface area contributed by atoms with E-state index in [4.69, 9.17) is 4.74 Å². The molecule has 0 amide bonds. The van der Waals surface area contributed by atoms with Gasteiger partial charge in [-0.1, -0.05) is 36.9 Å². The predicted molar refractivity (Wildman–Crippen MR) is 83.8 cm³/mol. The van der Waals surface area contributed by atoms with Crippen molar-refractivity contribution in [3.05, 3.63) is 72.9 Å². The zero-order valence-electron chi connectivity index (χ0n) is 11.7. The molecule has 1 heterocycles. The Balaban J connectivity index is 2.35. The van der Waals surface area contributed by atoms with E-state index in [1.807, 2.05) is 54.6 Å². The lowest BCUT2D eigenvalue weighted by molar-refractivity contribution is -0.128. The first-order valence-corrected chi connectivity index (χ1v) is 6.69. The molecule has 1 aromatic heterocycles. The van der Waals surface area contributed by atoms with Crippen molar-refractivity contribution in [2.75, 3.05) is 0 Å². The number of hydrogen-bond acceptors (Lipinski definition) is 3. The number of benzene rings is 2. The van der Waals surface area contributed by atoms with Crippen LogP contribution in [-0.4, -0.2) is 10.5 Å². The fraction of sp³-hybridized carbons (Fsp3) is 0. The monoisotopic (exact) mass is 288 g/mol. The van der Waals surface area contributed by atoms with Crippen LogP contribution in [0.25, 0.3) is 16.6 Å². The van der Waals surface area contributed by atoms with E-state index in [-0.39, 0.29) is 11.4 Å². The number of para-hydroxylation sites is 2. The van der Waals surface area contributed by atoms with Gasteiger partial charge in [-0.2, -0.15) is 5.26 Å². The largest absolute Gasteiger partial charge is 0.420 e. The molecule has 3 rings (SSSR count). The molecule has 0 saturated carbocycles. The van der Waals surface area contributed by atoms with Gasteiger partial charge in [0.15, 0.2) is 11.4 Å². The average molecular weight is 288 g/mol. The molecule has 4 nitrogen and oxygen atoms in total. The second kappa shape index (κ2) is 5.58. The van der Waals surface area contributed by atoms with Crippen LogP contribution >= 0.6 is 0 Å². The summed E-state index contributed by atoms with van der Waals surface area (Å²) in [5.41, 5.74) is 1.91. The second-order valence-electron chi connectivity index (χ2n) is 4.60. The maximum atomic E-state index is 11.6. The number of aromatic nitrogens is 1. The molecule has 0 bridgehead atoms. The van der Waals surface area contributed by atoms with Crippen molar-refractivity contribution in [2.24, 2.45) is 0 Å². The normalized spacial score (nSPS) is 10.1. The molecule has 0 aliphatic rings. The van der Waals surface area contributed by atoms with Crippen LogP contribution in [0.3, 0.4) is 0 Å². The minimum absolute atomic E-state index is 0.256. The molecule has 0 unspecified atom stereocenters. The Labute approximate surface area is 127 Å². The van der Waals surface area contributed by atoms with Crippen LogP contribution in [0.4, 0.5) is 0 Å². The lowest BCUT2D eigenvalue weighted by Gasteiger charge is -2.06. The summed E-state index contributed by atoms with van der Waals surface area (Å²) >= 11 is 0. The SMILES string of the molecule is C=CC(=O)Oc1c(C#N)n(-c2ccccc2)c2ccccc12. The Morgan fingerprint density at radius 3 is 2.50 bits per heavy atom. The molecule has 0 spiro atoms. The van der Waals surface area contributed by atoms with Gasteiger partial charge in [0.05, 0.1) is 5.52 Å². The topological polar surface area (TPSA) is 55.0 Å². The molecule has 22 heavy (non-hydrogen) atoms. The van der Waals surface area contributed by atoms with Gasteiger partial charge in [-0.05, 0) is 24.3 Å². The third kappa shape index (κ3) is 2.15. The van der Waals surface area contributed by atoms with Crippen molar-refractivity contribution >= 4 is 16.9 Å². The number of nitriles is 1. The molecule has 2 aromatic carbocycles. The van der Waals surface area contributed by atoms with Gasteiger partial charge in [0.25, 0.3) is 0 Å². The van der Waals surface area contributed by atoms with Gasteiger partial charge < -0.3 is 4.74 Å². The third-order valence-corrected chi connectivity index (χ3v) is 3.32. The molecule has 0 radical (unpaired) electrons. The van der Waals surface area contributed by atoms with Crippen LogP contribution in [0.5, 0.6) is 5.75 Å². The Bertz CT molecular complexity index is 902. The van der Waals surface area contributed by atoms with E-state index in [1.165, 1.54) is 0 Å². The highest BCUT2D eigenvalue weighted by molar-refractivity contribution is 5.95. The van der Waals surface area contributed by atoms with Crippen molar-refractivity contribution in [3.63, 3.8) is 0 Å². The van der Waals surface area contributed by atoms with Crippen molar-refractivity contribution in [2.45, 2.75) is 0 Å². The van der Waals surface area contributed by atoms with Gasteiger partial charge in [-0.25, -0.2) is 4.79 Å². The highest BCUT2D eigenvalue weighted by Crippen LogP contribution is 2.35. The fourth-order valence-corrected chi connectivity index (χ4v) is 2.40. The number of rotatable bonds is 3. The first-order valence-electron chi connectivity index (χ1n) is 6.69. The summed E-state index contributed by atoms with van der Waals surface area (Å²) < 4.78 is 7.08. The van der Waals surface area contributed by atoms with Gasteiger partial charge in [0, 0.05) is 17.1 Å². The molecule has 0 N–H and O–H groups in total. The predicted octanol–water partition coefficient (Wildman–Crippen LogP) is 3.59. The van der Waals surface area contributed by atoms with Crippen molar-refractivity contribution < 1.29 is 9.53 Å². The van der Waals surface area contributed by atoms with Gasteiger partial charge in [0.1, 0.15) is 6.07 Å². The van der Waals surface area contributed by atoms with Gasteiger partial charge in [-0.15, -0.1) is 0 Å². The molecule has 0 aliphatic heterocycles. The molecule has 4 heteroatoms. The summed E-state index contributed by atoms with van der Waals surface area (Å²) in [5, 5.41) is 10.3. The summed E-state index contributed by atoms with van der Waals surface area (Å²) in [6, 6.07) is 19.0. The lowest BCUT2D eigenvalue weighted by Crippen LogP contribution is -2.05. The molecular formula is C18H12N2O2. The minimum atomic E-state index is -0.590. The standard InChI is InChI=1S/C18H12N2O2/c1-2-17(21)22-18-14-10-6-7-11-15(14)20(16(18)12-19)13-8-4-3-5-9-13/h2-11H,1H2. The van der Waals surface area contributed by atoms with E-state index < -0.39 is 5.97 Å². The quantitative estimate of drug-likeness (QED) is 0.546. The lowest BCUT2D eigenvalue weighted by atomic mass is 10.2. The second-order valence-corrected chi connectivity index (χ2v) is 4.60. The van der Waals surface area contributed by atoms with Crippen molar-refractivity contribution in [1.29, 1.82) is 5.26 Å². The molecule has 0 atom stereocenters. The Morgan fingerprint density at radius 2 is 1.82 bits per heavy atom. The minimum Gasteiger partial charge on any atom is -0.420 e. The van der Waals surface area contributed by atoms with Crippen molar-refractivity contribution in [3.8, 4) is 17.5 Å². The highest BCUT2D eigenvalue weighted by Gasteiger charge is 2.20. The number of nitrogens with zero attached hydrogens (tertiary/aromatic N) is 2. The summed E-state index contributed by atoms with van der Waals surface area (Å²) in [5.74, 6) is -0.334. The number of fused-ring (bicyclic) bond motifs is 1. The van der Waals surface area contributed by atoms with Crippen LogP contribution in [0.1, 0.15) is 5.69 Å². The molecule has 106 valence electrons. The van der Waals surface area contributed by atoms with Gasteiger partial charge in [0.2, 0.25) is 0 Å². The Kier molecular flexibility index (Phi) is 3.47. The summed E-state index contributed by atoms with van der Waals surface area (Å²) in [7, 11) is 0. The number of esters is 1. The van der Waals surface area contributed by atoms with E-state index in [0.29, 0.717) is 5.39 Å². The van der Waals surface area contributed by atoms with E-state index in [2.05, 4.69) is 12.6 Å². The number of ether oxygens (including phenoxy) is 1. The maximum absolute atomic E-state index is 11.6. The molecular weight excluding hydrogens is 276 g/mol. The van der Waals surface area contributed by atoms with Crippen LogP contribution < -0.4 is 4.74 Å². The van der Waals surface area contributed by atoms with Gasteiger partial charge in [-0.3, -0.25) is 4.57 Å². The van der Waals surface area contributed by atoms with Crippen LogP contribution in [0, 0.1) is 11.3 Å². The van der Waals surface area contributed by atoms with Crippen LogP contribution in [0.15, 0.2) is 67.3 Å². The zero-order valence-corrected chi connectivity index (χ0v) is 11.7. The van der Waals surface area contributed by atoms with E-state index in [1.54, 1.807) is 4.57 Å². The molecule has 0 fully saturated rings. The molecule has 0 aliphatic carbocycles. The number of carbonyl (C=O) groups excluding carboxylic acids is 1. The number of carbonyl (C=O) groups is 1.